The average molecular weight is 347 g/mol. The molecule has 1 aliphatic rings. The molecule has 2 atom stereocenters. The SMILES string of the molecule is C[C@@H](OC(=O)[C@H](Cc1ccccc1)NC(N)=O)C(=O)NC1CCCC1. The second-order valence-electron chi connectivity index (χ2n) is 6.32. The molecule has 3 amide bonds. The molecule has 0 radical (unpaired) electrons. The summed E-state index contributed by atoms with van der Waals surface area (Å²) in [5, 5.41) is 5.26. The van der Waals surface area contributed by atoms with Crippen molar-refractivity contribution in [3.8, 4) is 0 Å². The van der Waals surface area contributed by atoms with E-state index in [1.165, 1.54) is 6.92 Å². The van der Waals surface area contributed by atoms with Gasteiger partial charge in [-0.1, -0.05) is 43.2 Å². The minimum atomic E-state index is -0.943. The molecule has 0 saturated heterocycles. The predicted molar refractivity (Wildman–Crippen MR) is 92.6 cm³/mol. The summed E-state index contributed by atoms with van der Waals surface area (Å²) in [6, 6.07) is 7.57. The Morgan fingerprint density at radius 1 is 1.20 bits per heavy atom. The summed E-state index contributed by atoms with van der Waals surface area (Å²) in [5.74, 6) is -1.01. The Balaban J connectivity index is 1.92. The third-order valence-corrected chi connectivity index (χ3v) is 4.25. The highest BCUT2D eigenvalue weighted by atomic mass is 16.5. The maximum absolute atomic E-state index is 12.4. The number of carbonyl (C=O) groups is 3. The van der Waals surface area contributed by atoms with Gasteiger partial charge in [0.1, 0.15) is 6.04 Å². The van der Waals surface area contributed by atoms with Crippen LogP contribution in [-0.4, -0.2) is 36.1 Å². The maximum atomic E-state index is 12.4. The Hall–Kier alpha value is -2.57. The van der Waals surface area contributed by atoms with Crippen LogP contribution in [0.15, 0.2) is 30.3 Å². The van der Waals surface area contributed by atoms with Crippen molar-refractivity contribution < 1.29 is 19.1 Å². The Bertz CT molecular complexity index is 600. The van der Waals surface area contributed by atoms with Crippen molar-refractivity contribution in [3.63, 3.8) is 0 Å². The van der Waals surface area contributed by atoms with Crippen LogP contribution in [0.4, 0.5) is 4.79 Å². The lowest BCUT2D eigenvalue weighted by Crippen LogP contribution is -2.48. The van der Waals surface area contributed by atoms with Gasteiger partial charge in [0, 0.05) is 12.5 Å². The van der Waals surface area contributed by atoms with E-state index >= 15 is 0 Å². The van der Waals surface area contributed by atoms with Gasteiger partial charge in [0.15, 0.2) is 6.10 Å². The number of benzene rings is 1. The van der Waals surface area contributed by atoms with Gasteiger partial charge in [-0.25, -0.2) is 9.59 Å². The minimum Gasteiger partial charge on any atom is -0.451 e. The molecule has 0 spiro atoms. The van der Waals surface area contributed by atoms with E-state index in [9.17, 15) is 14.4 Å². The van der Waals surface area contributed by atoms with Crippen molar-refractivity contribution in [2.24, 2.45) is 5.73 Å². The number of carbonyl (C=O) groups excluding carboxylic acids is 3. The summed E-state index contributed by atoms with van der Waals surface area (Å²) in [5.41, 5.74) is 6.00. The van der Waals surface area contributed by atoms with Gasteiger partial charge >= 0.3 is 12.0 Å². The Kier molecular flexibility index (Phi) is 6.80. The molecule has 1 saturated carbocycles. The van der Waals surface area contributed by atoms with Crippen molar-refractivity contribution in [2.45, 2.75) is 57.2 Å². The number of hydrogen-bond acceptors (Lipinski definition) is 4. The lowest BCUT2D eigenvalue weighted by Gasteiger charge is -2.21. The van der Waals surface area contributed by atoms with Crippen LogP contribution in [0.5, 0.6) is 0 Å². The van der Waals surface area contributed by atoms with Crippen LogP contribution < -0.4 is 16.4 Å². The van der Waals surface area contributed by atoms with E-state index in [2.05, 4.69) is 10.6 Å². The number of esters is 1. The summed E-state index contributed by atoms with van der Waals surface area (Å²) in [6.07, 6.45) is 3.40. The zero-order valence-electron chi connectivity index (χ0n) is 14.4. The molecule has 25 heavy (non-hydrogen) atoms. The second-order valence-corrected chi connectivity index (χ2v) is 6.32. The van der Waals surface area contributed by atoms with Crippen molar-refractivity contribution in [1.82, 2.24) is 10.6 Å². The Morgan fingerprint density at radius 3 is 2.44 bits per heavy atom. The lowest BCUT2D eigenvalue weighted by molar-refractivity contribution is -0.156. The van der Waals surface area contributed by atoms with Gasteiger partial charge in [-0.05, 0) is 25.3 Å². The van der Waals surface area contributed by atoms with Crippen LogP contribution >= 0.6 is 0 Å². The van der Waals surface area contributed by atoms with Crippen molar-refractivity contribution in [3.05, 3.63) is 35.9 Å². The van der Waals surface area contributed by atoms with Gasteiger partial charge in [0.25, 0.3) is 5.91 Å². The Morgan fingerprint density at radius 2 is 1.84 bits per heavy atom. The number of ether oxygens (including phenoxy) is 1. The largest absolute Gasteiger partial charge is 0.451 e. The Labute approximate surface area is 147 Å². The van der Waals surface area contributed by atoms with E-state index in [1.807, 2.05) is 30.3 Å². The smallest absolute Gasteiger partial charge is 0.329 e. The molecule has 7 nitrogen and oxygen atoms in total. The molecule has 1 aromatic carbocycles. The molecule has 136 valence electrons. The van der Waals surface area contributed by atoms with Crippen LogP contribution in [0.25, 0.3) is 0 Å². The number of rotatable bonds is 7. The molecule has 4 N–H and O–H groups in total. The first-order valence-electron chi connectivity index (χ1n) is 8.56. The molecule has 0 aliphatic heterocycles. The number of hydrogen-bond donors (Lipinski definition) is 3. The molecular formula is C18H25N3O4. The first-order valence-corrected chi connectivity index (χ1v) is 8.56. The van der Waals surface area contributed by atoms with Crippen molar-refractivity contribution in [1.29, 1.82) is 0 Å². The molecule has 0 bridgehead atoms. The zero-order chi connectivity index (χ0) is 18.2. The average Bonchev–Trinajstić information content (AvgIpc) is 3.07. The monoisotopic (exact) mass is 347 g/mol. The third-order valence-electron chi connectivity index (χ3n) is 4.25. The topological polar surface area (TPSA) is 111 Å². The quantitative estimate of drug-likeness (QED) is 0.645. The van der Waals surface area contributed by atoms with E-state index in [0.29, 0.717) is 0 Å². The standard InChI is InChI=1S/C18H25N3O4/c1-12(16(22)20-14-9-5-6-10-14)25-17(23)15(21-18(19)24)11-13-7-3-2-4-8-13/h2-4,7-8,12,14-15H,5-6,9-11H2,1H3,(H,20,22)(H3,19,21,24)/t12-,15+/m1/s1. The van der Waals surface area contributed by atoms with Crippen LogP contribution in [0.1, 0.15) is 38.2 Å². The third kappa shape index (κ3) is 6.10. The number of primary amides is 1. The number of nitrogens with one attached hydrogen (secondary N) is 2. The molecule has 7 heteroatoms. The van der Waals surface area contributed by atoms with Crippen LogP contribution in [0.3, 0.4) is 0 Å². The van der Waals surface area contributed by atoms with Gasteiger partial charge in [-0.15, -0.1) is 0 Å². The van der Waals surface area contributed by atoms with Gasteiger partial charge in [-0.2, -0.15) is 0 Å². The molecule has 0 aromatic heterocycles. The molecule has 1 aromatic rings. The molecular weight excluding hydrogens is 322 g/mol. The van der Waals surface area contributed by atoms with Crippen molar-refractivity contribution >= 4 is 17.9 Å². The van der Waals surface area contributed by atoms with Crippen LogP contribution in [-0.2, 0) is 20.7 Å². The van der Waals surface area contributed by atoms with E-state index in [1.54, 1.807) is 0 Å². The van der Waals surface area contributed by atoms with Gasteiger partial charge in [0.05, 0.1) is 0 Å². The fourth-order valence-electron chi connectivity index (χ4n) is 2.91. The first kappa shape index (κ1) is 18.8. The summed E-state index contributed by atoms with van der Waals surface area (Å²) in [7, 11) is 0. The van der Waals surface area contributed by atoms with Crippen LogP contribution in [0.2, 0.25) is 0 Å². The summed E-state index contributed by atoms with van der Waals surface area (Å²) in [6.45, 7) is 1.52. The van der Waals surface area contributed by atoms with Gasteiger partial charge < -0.3 is 21.1 Å². The number of amides is 3. The normalized spacial score (nSPS) is 16.7. The molecule has 0 unspecified atom stereocenters. The van der Waals surface area contributed by atoms with E-state index in [0.717, 1.165) is 31.2 Å². The number of urea groups is 1. The summed E-state index contributed by atoms with van der Waals surface area (Å²) >= 11 is 0. The highest BCUT2D eigenvalue weighted by Gasteiger charge is 2.27. The van der Waals surface area contributed by atoms with E-state index < -0.39 is 24.1 Å². The summed E-state index contributed by atoms with van der Waals surface area (Å²) in [4.78, 5) is 35.7. The fraction of sp³-hybridized carbons (Fsp3) is 0.500. The highest BCUT2D eigenvalue weighted by Crippen LogP contribution is 2.17. The highest BCUT2D eigenvalue weighted by molar-refractivity contribution is 5.87. The summed E-state index contributed by atoms with van der Waals surface area (Å²) < 4.78 is 5.24. The molecule has 1 aliphatic carbocycles. The van der Waals surface area contributed by atoms with Gasteiger partial charge in [-0.3, -0.25) is 4.79 Å². The second kappa shape index (κ2) is 9.05. The predicted octanol–water partition coefficient (Wildman–Crippen LogP) is 1.26. The number of nitrogens with two attached hydrogens (primary N) is 1. The van der Waals surface area contributed by atoms with Crippen molar-refractivity contribution in [2.75, 3.05) is 0 Å². The van der Waals surface area contributed by atoms with Gasteiger partial charge in [0.2, 0.25) is 0 Å². The lowest BCUT2D eigenvalue weighted by atomic mass is 10.1. The maximum Gasteiger partial charge on any atom is 0.329 e. The molecule has 2 rings (SSSR count). The van der Waals surface area contributed by atoms with Crippen LogP contribution in [0, 0.1) is 0 Å². The van der Waals surface area contributed by atoms with E-state index in [4.69, 9.17) is 10.5 Å². The van der Waals surface area contributed by atoms with E-state index in [-0.39, 0.29) is 18.4 Å². The minimum absolute atomic E-state index is 0.150. The zero-order valence-corrected chi connectivity index (χ0v) is 14.4. The first-order chi connectivity index (χ1) is 12.0. The fourth-order valence-corrected chi connectivity index (χ4v) is 2.91. The molecule has 1 fully saturated rings. The molecule has 0 heterocycles.